The number of nitrogens with zero attached hydrogens (tertiary/aromatic N) is 1. The van der Waals surface area contributed by atoms with E-state index < -0.39 is 77.8 Å². The summed E-state index contributed by atoms with van der Waals surface area (Å²) in [7, 11) is 4.51. The second-order valence-electron chi connectivity index (χ2n) is 19.8. The van der Waals surface area contributed by atoms with E-state index in [1.165, 1.54) is 12.0 Å². The third-order valence-corrected chi connectivity index (χ3v) is 14.7. The number of aliphatic hydroxyl groups is 2. The van der Waals surface area contributed by atoms with Crippen LogP contribution in [0.25, 0.3) is 0 Å². The second kappa shape index (κ2) is 26.2. The van der Waals surface area contributed by atoms with Crippen molar-refractivity contribution >= 4 is 35.7 Å². The van der Waals surface area contributed by atoms with Crippen molar-refractivity contribution in [1.82, 2.24) is 4.90 Å². The van der Waals surface area contributed by atoms with Crippen LogP contribution < -0.4 is 0 Å². The quantitative estimate of drug-likeness (QED) is 0.118. The first-order valence-corrected chi connectivity index (χ1v) is 24.4. The molecule has 2 N–H and O–H groups in total. The number of rotatable bonds is 8. The summed E-state index contributed by atoms with van der Waals surface area (Å²) in [5.74, 6) is -8.14. The Labute approximate surface area is 398 Å². The SMILES string of the molecule is CO[C@H]1C[C@@H]2CC[C@@H](C)[C@@](O)(O2)C(=O)C(=O)N2CCCC[C@H]2C(=O)O[C@H]([C@H](C)C[C@@H]2CC[C@@H](OC=O)[C@H](OC)C2)CC(=O)[C@H](C)C=C(C)[C@@H](O)[C@@H](OC)C(=O)[C@H](C)C[C@H](C)C=CC=CC=C1C. The van der Waals surface area contributed by atoms with E-state index in [9.17, 15) is 39.0 Å². The zero-order valence-electron chi connectivity index (χ0n) is 41.6. The highest BCUT2D eigenvalue weighted by molar-refractivity contribution is 6.39. The number of carbonyl (C=O) groups is 6. The number of hydrogen-bond acceptors (Lipinski definition) is 14. The van der Waals surface area contributed by atoms with Crippen LogP contribution in [0.2, 0.25) is 0 Å². The molecular weight excluding hydrogens is 863 g/mol. The Morgan fingerprint density at radius 2 is 1.60 bits per heavy atom. The standard InChI is InChI=1S/C52H79NO14/c1-31-16-12-11-13-17-32(2)43(62-8)28-39-21-19-37(7)52(61,67-39)49(58)50(59)53-23-15-14-18-40(53)51(60)66-44(34(4)26-38-20-22-42(65-30-54)45(27-38)63-9)29-41(55)33(3)25-36(6)47(57)48(64-10)46(56)35(5)24-31/h11-13,16-17,25,30-31,33-35,37-40,42-45,47-48,57,61H,14-15,18-24,26-29H2,1-10H3/t31-,33-,34-,35-,37-,38+,39+,40+,42-,43+,44+,45-,47-,48+,52-/m1/s1. The van der Waals surface area contributed by atoms with Crippen LogP contribution in [-0.2, 0) is 57.2 Å². The van der Waals surface area contributed by atoms with Gasteiger partial charge in [-0.1, -0.05) is 71.1 Å². The molecule has 3 aliphatic heterocycles. The van der Waals surface area contributed by atoms with E-state index >= 15 is 0 Å². The number of cyclic esters (lactones) is 1. The zero-order valence-corrected chi connectivity index (χ0v) is 41.6. The highest BCUT2D eigenvalue weighted by Crippen LogP contribution is 2.38. The van der Waals surface area contributed by atoms with Gasteiger partial charge in [-0.2, -0.15) is 0 Å². The van der Waals surface area contributed by atoms with Gasteiger partial charge >= 0.3 is 5.97 Å². The predicted octanol–water partition coefficient (Wildman–Crippen LogP) is 6.36. The number of Topliss-reactive ketones (excluding diaryl/α,β-unsaturated/α-hetero) is 3. The highest BCUT2D eigenvalue weighted by Gasteiger charge is 2.53. The van der Waals surface area contributed by atoms with Crippen molar-refractivity contribution < 1.29 is 67.4 Å². The molecule has 2 saturated heterocycles. The van der Waals surface area contributed by atoms with E-state index in [2.05, 4.69) is 0 Å². The van der Waals surface area contributed by atoms with Crippen molar-refractivity contribution in [3.05, 3.63) is 47.6 Å². The molecule has 15 nitrogen and oxygen atoms in total. The zero-order chi connectivity index (χ0) is 49.6. The molecule has 0 radical (unpaired) electrons. The highest BCUT2D eigenvalue weighted by atomic mass is 16.6. The summed E-state index contributed by atoms with van der Waals surface area (Å²) in [6.07, 6.45) is 11.2. The predicted molar refractivity (Wildman–Crippen MR) is 250 cm³/mol. The van der Waals surface area contributed by atoms with Crippen LogP contribution in [0.4, 0.5) is 0 Å². The molecule has 0 aromatic rings. The Bertz CT molecular complexity index is 1820. The molecule has 15 heteroatoms. The van der Waals surface area contributed by atoms with Gasteiger partial charge in [0.1, 0.15) is 36.2 Å². The van der Waals surface area contributed by atoms with Crippen LogP contribution in [0.15, 0.2) is 47.6 Å². The molecular formula is C52H79NO14. The fraction of sp³-hybridized carbons (Fsp3) is 0.731. The number of allylic oxidation sites excluding steroid dienone is 6. The lowest BCUT2D eigenvalue weighted by atomic mass is 9.78. The second-order valence-corrected chi connectivity index (χ2v) is 19.8. The van der Waals surface area contributed by atoms with Gasteiger partial charge in [0, 0.05) is 58.5 Å². The van der Waals surface area contributed by atoms with E-state index in [0.29, 0.717) is 76.3 Å². The Balaban J connectivity index is 1.70. The molecule has 0 aromatic carbocycles. The van der Waals surface area contributed by atoms with Crippen LogP contribution >= 0.6 is 0 Å². The van der Waals surface area contributed by atoms with Gasteiger partial charge in [0.15, 0.2) is 5.78 Å². The van der Waals surface area contributed by atoms with Crippen LogP contribution in [-0.4, -0.2) is 133 Å². The van der Waals surface area contributed by atoms with Crippen molar-refractivity contribution in [2.24, 2.45) is 35.5 Å². The van der Waals surface area contributed by atoms with Crippen molar-refractivity contribution in [3.63, 3.8) is 0 Å². The Morgan fingerprint density at radius 3 is 2.27 bits per heavy atom. The summed E-state index contributed by atoms with van der Waals surface area (Å²) in [5.41, 5.74) is 1.25. The average Bonchev–Trinajstić information content (AvgIpc) is 3.30. The fourth-order valence-electron chi connectivity index (χ4n) is 10.3. The van der Waals surface area contributed by atoms with Crippen molar-refractivity contribution in [3.8, 4) is 0 Å². The lowest BCUT2D eigenvalue weighted by molar-refractivity contribution is -0.265. The maximum Gasteiger partial charge on any atom is 0.329 e. The monoisotopic (exact) mass is 942 g/mol. The summed E-state index contributed by atoms with van der Waals surface area (Å²) >= 11 is 0. The van der Waals surface area contributed by atoms with E-state index in [1.54, 1.807) is 41.1 Å². The number of methoxy groups -OCH3 is 3. The molecule has 0 spiro atoms. The molecule has 15 atom stereocenters. The van der Waals surface area contributed by atoms with Gasteiger partial charge in [-0.15, -0.1) is 0 Å². The number of amides is 1. The Morgan fingerprint density at radius 1 is 0.866 bits per heavy atom. The lowest BCUT2D eigenvalue weighted by Crippen LogP contribution is -2.61. The van der Waals surface area contributed by atoms with Crippen LogP contribution in [0, 0.1) is 35.5 Å². The molecule has 2 bridgehead atoms. The van der Waals surface area contributed by atoms with Gasteiger partial charge in [-0.05, 0) is 107 Å². The van der Waals surface area contributed by atoms with Gasteiger partial charge in [-0.25, -0.2) is 4.79 Å². The fourth-order valence-corrected chi connectivity index (χ4v) is 10.3. The Kier molecular flexibility index (Phi) is 21.8. The van der Waals surface area contributed by atoms with Gasteiger partial charge < -0.3 is 43.5 Å². The average molecular weight is 942 g/mol. The number of aliphatic hydroxyl groups excluding tert-OH is 1. The molecule has 1 saturated carbocycles. The first kappa shape index (κ1) is 55.7. The molecule has 3 heterocycles. The third kappa shape index (κ3) is 14.8. The number of fused-ring (bicyclic) bond motifs is 3. The van der Waals surface area contributed by atoms with Crippen LogP contribution in [0.5, 0.6) is 0 Å². The minimum absolute atomic E-state index is 0.0117. The largest absolute Gasteiger partial charge is 0.462 e. The van der Waals surface area contributed by atoms with Crippen LogP contribution in [0.1, 0.15) is 126 Å². The lowest BCUT2D eigenvalue weighted by Gasteiger charge is -2.42. The molecule has 4 aliphatic rings. The minimum atomic E-state index is -2.44. The first-order valence-electron chi connectivity index (χ1n) is 24.4. The summed E-state index contributed by atoms with van der Waals surface area (Å²) in [6, 6.07) is -1.16. The van der Waals surface area contributed by atoms with Crippen molar-refractivity contribution in [2.75, 3.05) is 27.9 Å². The van der Waals surface area contributed by atoms with E-state index in [4.69, 9.17) is 28.4 Å². The number of esters is 1. The topological polar surface area (TPSA) is 201 Å². The maximum absolute atomic E-state index is 14.4. The smallest absolute Gasteiger partial charge is 0.329 e. The molecule has 1 aliphatic carbocycles. The minimum Gasteiger partial charge on any atom is -0.462 e. The summed E-state index contributed by atoms with van der Waals surface area (Å²) in [6.45, 7) is 13.1. The first-order chi connectivity index (χ1) is 31.8. The molecule has 1 amide bonds. The molecule has 4 rings (SSSR count). The van der Waals surface area contributed by atoms with Crippen molar-refractivity contribution in [1.29, 1.82) is 0 Å². The van der Waals surface area contributed by atoms with E-state index in [1.807, 2.05) is 58.1 Å². The van der Waals surface area contributed by atoms with E-state index in [-0.39, 0.29) is 60.9 Å². The number of carbonyl (C=O) groups excluding carboxylic acids is 6. The molecule has 67 heavy (non-hydrogen) atoms. The van der Waals surface area contributed by atoms with Gasteiger partial charge in [0.2, 0.25) is 5.79 Å². The van der Waals surface area contributed by atoms with Gasteiger partial charge in [0.25, 0.3) is 18.2 Å². The molecule has 3 fully saturated rings. The molecule has 376 valence electrons. The third-order valence-electron chi connectivity index (χ3n) is 14.7. The van der Waals surface area contributed by atoms with Crippen LogP contribution in [0.3, 0.4) is 0 Å². The Hall–Kier alpha value is -3.86. The number of ketones is 3. The maximum atomic E-state index is 14.4. The van der Waals surface area contributed by atoms with Gasteiger partial charge in [0.05, 0.1) is 18.3 Å². The summed E-state index contributed by atoms with van der Waals surface area (Å²) in [5, 5.41) is 23.4. The summed E-state index contributed by atoms with van der Waals surface area (Å²) < 4.78 is 34.8. The molecule has 0 aromatic heterocycles. The van der Waals surface area contributed by atoms with Gasteiger partial charge in [-0.3, -0.25) is 24.0 Å². The molecule has 0 unspecified atom stereocenters. The summed E-state index contributed by atoms with van der Waals surface area (Å²) in [4.78, 5) is 83.1. The normalized spacial score (nSPS) is 36.9. The van der Waals surface area contributed by atoms with Crippen molar-refractivity contribution in [2.45, 2.75) is 180 Å². The van der Waals surface area contributed by atoms with E-state index in [0.717, 1.165) is 5.57 Å². The number of hydrogen-bond donors (Lipinski definition) is 2. The number of piperidine rings is 1. The number of ether oxygens (including phenoxy) is 6.